The van der Waals surface area contributed by atoms with Crippen LogP contribution in [0.15, 0.2) is 108 Å². The fraction of sp³-hybridized carbons (Fsp3) is 0.233. The molecule has 0 unspecified atom stereocenters. The van der Waals surface area contributed by atoms with Gasteiger partial charge in [0.1, 0.15) is 18.1 Å². The van der Waals surface area contributed by atoms with Crippen LogP contribution in [0.25, 0.3) is 0 Å². The summed E-state index contributed by atoms with van der Waals surface area (Å²) in [5.41, 5.74) is 6.33. The Labute approximate surface area is 201 Å². The molecule has 0 spiro atoms. The van der Waals surface area contributed by atoms with Gasteiger partial charge in [-0.1, -0.05) is 60.7 Å². The Morgan fingerprint density at radius 1 is 0.882 bits per heavy atom. The van der Waals surface area contributed by atoms with Crippen molar-refractivity contribution in [2.75, 3.05) is 12.0 Å². The maximum Gasteiger partial charge on any atom is 0.355 e. The Hall–Kier alpha value is -3.79. The number of benzene rings is 3. The molecule has 1 heterocycles. The quantitative estimate of drug-likeness (QED) is 0.388. The fourth-order valence-electron chi connectivity index (χ4n) is 4.92. The second-order valence-corrected chi connectivity index (χ2v) is 8.71. The van der Waals surface area contributed by atoms with Gasteiger partial charge >= 0.3 is 5.97 Å². The van der Waals surface area contributed by atoms with E-state index in [0.717, 1.165) is 36.3 Å². The van der Waals surface area contributed by atoms with E-state index in [1.165, 1.54) is 23.3 Å². The average molecular weight is 452 g/mol. The van der Waals surface area contributed by atoms with Crippen LogP contribution in [-0.4, -0.2) is 13.1 Å². The van der Waals surface area contributed by atoms with Crippen LogP contribution in [0.1, 0.15) is 42.7 Å². The SMILES string of the molecule is COc1ccc(N2C(C(=O)OCc3ccccc3)=C[C@H](c3ccccc3)C3=C2CCCC3)cc1. The van der Waals surface area contributed by atoms with E-state index >= 15 is 0 Å². The maximum absolute atomic E-state index is 13.6. The van der Waals surface area contributed by atoms with Crippen molar-refractivity contribution in [1.82, 2.24) is 0 Å². The lowest BCUT2D eigenvalue weighted by atomic mass is 9.79. The van der Waals surface area contributed by atoms with Gasteiger partial charge in [-0.05, 0) is 72.7 Å². The number of anilines is 1. The summed E-state index contributed by atoms with van der Waals surface area (Å²) in [6, 6.07) is 28.2. The molecule has 0 radical (unpaired) electrons. The number of hydrogen-bond acceptors (Lipinski definition) is 4. The number of ether oxygens (including phenoxy) is 2. The molecule has 1 aliphatic carbocycles. The molecule has 0 fully saturated rings. The van der Waals surface area contributed by atoms with Crippen molar-refractivity contribution < 1.29 is 14.3 Å². The summed E-state index contributed by atoms with van der Waals surface area (Å²) in [5.74, 6) is 0.556. The zero-order valence-corrected chi connectivity index (χ0v) is 19.4. The predicted octanol–water partition coefficient (Wildman–Crippen LogP) is 6.75. The molecular weight excluding hydrogens is 422 g/mol. The molecule has 0 amide bonds. The molecule has 4 heteroatoms. The van der Waals surface area contributed by atoms with Crippen molar-refractivity contribution in [2.24, 2.45) is 0 Å². The van der Waals surface area contributed by atoms with Gasteiger partial charge in [0, 0.05) is 17.3 Å². The standard InChI is InChI=1S/C30H29NO3/c1-33-25-18-16-24(17-19-25)31-28-15-9-8-14-26(28)27(23-12-6-3-7-13-23)20-29(31)30(32)34-21-22-10-4-2-5-11-22/h2-7,10-13,16-20,27H,8-9,14-15,21H2,1H3/t27-/m1/s1. The third-order valence-corrected chi connectivity index (χ3v) is 6.60. The number of methoxy groups -OCH3 is 1. The zero-order valence-electron chi connectivity index (χ0n) is 19.4. The summed E-state index contributed by atoms with van der Waals surface area (Å²) in [6.45, 7) is 0.245. The first kappa shape index (κ1) is 22.0. The van der Waals surface area contributed by atoms with E-state index in [4.69, 9.17) is 9.47 Å². The van der Waals surface area contributed by atoms with Gasteiger partial charge in [-0.3, -0.25) is 0 Å². The molecule has 0 aromatic heterocycles. The Balaban J connectivity index is 1.56. The van der Waals surface area contributed by atoms with E-state index in [9.17, 15) is 4.79 Å². The van der Waals surface area contributed by atoms with E-state index in [0.29, 0.717) is 5.70 Å². The van der Waals surface area contributed by atoms with E-state index in [1.807, 2.05) is 60.7 Å². The van der Waals surface area contributed by atoms with Crippen LogP contribution in [0.2, 0.25) is 0 Å². The minimum atomic E-state index is -0.308. The molecule has 5 rings (SSSR count). The molecule has 0 saturated carbocycles. The molecular formula is C30H29NO3. The highest BCUT2D eigenvalue weighted by Gasteiger charge is 2.35. The van der Waals surface area contributed by atoms with Crippen molar-refractivity contribution in [1.29, 1.82) is 0 Å². The molecule has 172 valence electrons. The summed E-state index contributed by atoms with van der Waals surface area (Å²) in [4.78, 5) is 15.7. The first-order valence-electron chi connectivity index (χ1n) is 11.9. The van der Waals surface area contributed by atoms with Crippen molar-refractivity contribution in [3.63, 3.8) is 0 Å². The molecule has 3 aromatic carbocycles. The minimum Gasteiger partial charge on any atom is -0.497 e. The number of esters is 1. The maximum atomic E-state index is 13.6. The Kier molecular flexibility index (Phi) is 6.48. The smallest absolute Gasteiger partial charge is 0.355 e. The molecule has 0 saturated heterocycles. The molecule has 1 aliphatic heterocycles. The summed E-state index contributed by atoms with van der Waals surface area (Å²) in [7, 11) is 1.66. The Bertz CT molecular complexity index is 1200. The van der Waals surface area contributed by atoms with Crippen molar-refractivity contribution in [3.05, 3.63) is 119 Å². The van der Waals surface area contributed by atoms with Gasteiger partial charge < -0.3 is 14.4 Å². The lowest BCUT2D eigenvalue weighted by Crippen LogP contribution is -2.34. The largest absolute Gasteiger partial charge is 0.497 e. The third-order valence-electron chi connectivity index (χ3n) is 6.60. The van der Waals surface area contributed by atoms with Crippen LogP contribution in [-0.2, 0) is 16.1 Å². The second-order valence-electron chi connectivity index (χ2n) is 8.71. The Morgan fingerprint density at radius 3 is 2.26 bits per heavy atom. The first-order valence-corrected chi connectivity index (χ1v) is 11.9. The van der Waals surface area contributed by atoms with Gasteiger partial charge in [-0.25, -0.2) is 4.79 Å². The van der Waals surface area contributed by atoms with Crippen LogP contribution < -0.4 is 9.64 Å². The van der Waals surface area contributed by atoms with Gasteiger partial charge in [0.05, 0.1) is 7.11 Å². The van der Waals surface area contributed by atoms with Gasteiger partial charge in [-0.15, -0.1) is 0 Å². The van der Waals surface area contributed by atoms with Crippen molar-refractivity contribution >= 4 is 11.7 Å². The number of carbonyl (C=O) groups is 1. The topological polar surface area (TPSA) is 38.8 Å². The minimum absolute atomic E-state index is 0.0743. The zero-order chi connectivity index (χ0) is 23.3. The van der Waals surface area contributed by atoms with Gasteiger partial charge in [0.15, 0.2) is 0 Å². The summed E-state index contributed by atoms with van der Waals surface area (Å²) >= 11 is 0. The molecule has 0 N–H and O–H groups in total. The molecule has 4 nitrogen and oxygen atoms in total. The molecule has 0 bridgehead atoms. The molecule has 3 aromatic rings. The van der Waals surface area contributed by atoms with Gasteiger partial charge in [0.2, 0.25) is 0 Å². The fourth-order valence-corrected chi connectivity index (χ4v) is 4.92. The molecule has 2 aliphatic rings. The number of rotatable bonds is 6. The third kappa shape index (κ3) is 4.49. The highest BCUT2D eigenvalue weighted by atomic mass is 16.5. The van der Waals surface area contributed by atoms with Crippen molar-refractivity contribution in [2.45, 2.75) is 38.2 Å². The van der Waals surface area contributed by atoms with Crippen molar-refractivity contribution in [3.8, 4) is 5.75 Å². The number of hydrogen-bond donors (Lipinski definition) is 0. The lowest BCUT2D eigenvalue weighted by molar-refractivity contribution is -0.140. The normalized spacial score (nSPS) is 17.6. The second kappa shape index (κ2) is 10.0. The van der Waals surface area contributed by atoms with Gasteiger partial charge in [0.25, 0.3) is 0 Å². The van der Waals surface area contributed by atoms with E-state index in [2.05, 4.69) is 35.2 Å². The van der Waals surface area contributed by atoms with Crippen LogP contribution in [0.4, 0.5) is 5.69 Å². The summed E-state index contributed by atoms with van der Waals surface area (Å²) < 4.78 is 11.2. The lowest BCUT2D eigenvalue weighted by Gasteiger charge is -2.39. The highest BCUT2D eigenvalue weighted by Crippen LogP contribution is 2.45. The van der Waals surface area contributed by atoms with Gasteiger partial charge in [-0.2, -0.15) is 0 Å². The number of carbonyl (C=O) groups excluding carboxylic acids is 1. The number of nitrogens with zero attached hydrogens (tertiary/aromatic N) is 1. The number of allylic oxidation sites excluding steroid dienone is 3. The summed E-state index contributed by atoms with van der Waals surface area (Å²) in [5, 5.41) is 0. The van der Waals surface area contributed by atoms with Crippen LogP contribution in [0.3, 0.4) is 0 Å². The Morgan fingerprint density at radius 2 is 1.56 bits per heavy atom. The van der Waals surface area contributed by atoms with Crippen LogP contribution in [0.5, 0.6) is 5.75 Å². The van der Waals surface area contributed by atoms with E-state index in [-0.39, 0.29) is 18.5 Å². The van der Waals surface area contributed by atoms with E-state index in [1.54, 1.807) is 7.11 Å². The first-order chi connectivity index (χ1) is 16.7. The predicted molar refractivity (Wildman–Crippen MR) is 134 cm³/mol. The summed E-state index contributed by atoms with van der Waals surface area (Å²) in [6.07, 6.45) is 6.34. The highest BCUT2D eigenvalue weighted by molar-refractivity contribution is 5.95. The monoisotopic (exact) mass is 451 g/mol. The van der Waals surface area contributed by atoms with Crippen LogP contribution in [0, 0.1) is 0 Å². The van der Waals surface area contributed by atoms with E-state index < -0.39 is 0 Å². The molecule has 1 atom stereocenters. The average Bonchev–Trinajstić information content (AvgIpc) is 2.92. The molecule has 34 heavy (non-hydrogen) atoms. The van der Waals surface area contributed by atoms with Crippen LogP contribution >= 0.6 is 0 Å².